The van der Waals surface area contributed by atoms with Gasteiger partial charge in [0.1, 0.15) is 12.7 Å². The first-order valence-electron chi connectivity index (χ1n) is 7.52. The highest BCUT2D eigenvalue weighted by molar-refractivity contribution is 5.89. The van der Waals surface area contributed by atoms with Crippen LogP contribution in [0.25, 0.3) is 0 Å². The molecule has 1 amide bonds. The second-order valence-corrected chi connectivity index (χ2v) is 6.65. The van der Waals surface area contributed by atoms with Gasteiger partial charge < -0.3 is 14.5 Å². The Morgan fingerprint density at radius 1 is 1.30 bits per heavy atom. The summed E-state index contributed by atoms with van der Waals surface area (Å²) in [6.07, 6.45) is 5.09. The van der Waals surface area contributed by atoms with Crippen LogP contribution in [0.4, 0.5) is 4.79 Å². The summed E-state index contributed by atoms with van der Waals surface area (Å²) in [5.74, 6) is 0.338. The van der Waals surface area contributed by atoms with E-state index in [1.807, 2.05) is 25.7 Å². The topological polar surface area (TPSA) is 51.1 Å². The molecule has 2 aliphatic rings. The fourth-order valence-corrected chi connectivity index (χ4v) is 3.24. The van der Waals surface area contributed by atoms with Gasteiger partial charge >= 0.3 is 6.09 Å². The van der Waals surface area contributed by atoms with Crippen LogP contribution in [0.3, 0.4) is 0 Å². The van der Waals surface area contributed by atoms with E-state index < -0.39 is 5.60 Å². The molecule has 2 rings (SSSR count). The lowest BCUT2D eigenvalue weighted by Gasteiger charge is -2.44. The molecule has 0 radical (unpaired) electrons. The molecule has 0 aromatic heterocycles. The number of fused-ring (bicyclic) bond motifs is 1. The first-order valence-corrected chi connectivity index (χ1v) is 7.52. The minimum absolute atomic E-state index is 0.189. The van der Waals surface area contributed by atoms with Gasteiger partial charge in [0.15, 0.2) is 0 Å². The van der Waals surface area contributed by atoms with E-state index in [-0.39, 0.29) is 12.1 Å². The molecule has 2 fully saturated rings. The number of carbonyl (C=O) groups is 1. The minimum atomic E-state index is -0.442. The van der Waals surface area contributed by atoms with Crippen LogP contribution in [-0.2, 0) is 9.57 Å². The lowest BCUT2D eigenvalue weighted by molar-refractivity contribution is 0.00540. The van der Waals surface area contributed by atoms with Crippen molar-refractivity contribution in [3.63, 3.8) is 0 Å². The zero-order valence-electron chi connectivity index (χ0n) is 13.0. The molecule has 1 saturated carbocycles. The predicted octanol–water partition coefficient (Wildman–Crippen LogP) is 3.19. The molecule has 0 aromatic carbocycles. The number of nitrogens with zero attached hydrogens (tertiary/aromatic N) is 2. The average molecular weight is 282 g/mol. The van der Waals surface area contributed by atoms with Crippen molar-refractivity contribution in [2.45, 2.75) is 64.5 Å². The van der Waals surface area contributed by atoms with Gasteiger partial charge in [-0.2, -0.15) is 0 Å². The SMILES string of the molecule is CO/N=C1\CCN(C(=O)OC(C)(C)C)C2CCCCC12. The standard InChI is InChI=1S/C15H26N2O3/c1-15(2,3)20-14(18)17-10-9-12(16-19-4)11-7-5-6-8-13(11)17/h11,13H,5-10H2,1-4H3/b16-12+. The van der Waals surface area contributed by atoms with E-state index in [1.54, 1.807) is 7.11 Å². The normalized spacial score (nSPS) is 29.0. The number of ether oxygens (including phenoxy) is 1. The number of amides is 1. The first-order chi connectivity index (χ1) is 9.42. The first kappa shape index (κ1) is 15.1. The lowest BCUT2D eigenvalue weighted by Crippen LogP contribution is -2.54. The molecule has 0 spiro atoms. The highest BCUT2D eigenvalue weighted by Crippen LogP contribution is 2.34. The van der Waals surface area contributed by atoms with Crippen molar-refractivity contribution >= 4 is 11.8 Å². The maximum absolute atomic E-state index is 12.4. The predicted molar refractivity (Wildman–Crippen MR) is 77.7 cm³/mol. The fourth-order valence-electron chi connectivity index (χ4n) is 3.24. The van der Waals surface area contributed by atoms with Gasteiger partial charge in [-0.3, -0.25) is 0 Å². The second kappa shape index (κ2) is 6.02. The molecule has 5 nitrogen and oxygen atoms in total. The molecule has 0 aromatic rings. The van der Waals surface area contributed by atoms with Crippen LogP contribution >= 0.6 is 0 Å². The van der Waals surface area contributed by atoms with Crippen LogP contribution in [0, 0.1) is 5.92 Å². The molecule has 5 heteroatoms. The van der Waals surface area contributed by atoms with E-state index >= 15 is 0 Å². The monoisotopic (exact) mass is 282 g/mol. The number of rotatable bonds is 1. The summed E-state index contributed by atoms with van der Waals surface area (Å²) < 4.78 is 5.54. The van der Waals surface area contributed by atoms with Gasteiger partial charge in [-0.1, -0.05) is 18.0 Å². The summed E-state index contributed by atoms with van der Waals surface area (Å²) in [6.45, 7) is 6.40. The zero-order chi connectivity index (χ0) is 14.8. The molecule has 1 heterocycles. The average Bonchev–Trinajstić information content (AvgIpc) is 2.37. The number of likely N-dealkylation sites (tertiary alicyclic amines) is 1. The highest BCUT2D eigenvalue weighted by Gasteiger charge is 2.41. The van der Waals surface area contributed by atoms with Crippen LogP contribution in [0.2, 0.25) is 0 Å². The number of piperidine rings is 1. The molecule has 20 heavy (non-hydrogen) atoms. The maximum Gasteiger partial charge on any atom is 0.410 e. The zero-order valence-corrected chi connectivity index (χ0v) is 13.0. The Morgan fingerprint density at radius 3 is 2.65 bits per heavy atom. The van der Waals surface area contributed by atoms with Gasteiger partial charge in [0.05, 0.1) is 5.71 Å². The third-order valence-corrected chi connectivity index (χ3v) is 4.00. The maximum atomic E-state index is 12.4. The molecule has 2 atom stereocenters. The summed E-state index contributed by atoms with van der Waals surface area (Å²) in [7, 11) is 1.59. The summed E-state index contributed by atoms with van der Waals surface area (Å²) in [5, 5.41) is 4.17. The van der Waals surface area contributed by atoms with Crippen LogP contribution in [0.5, 0.6) is 0 Å². The minimum Gasteiger partial charge on any atom is -0.444 e. The van der Waals surface area contributed by atoms with Gasteiger partial charge in [0.2, 0.25) is 0 Å². The summed E-state index contributed by atoms with van der Waals surface area (Å²) in [5.41, 5.74) is 0.666. The van der Waals surface area contributed by atoms with Crippen molar-refractivity contribution in [2.24, 2.45) is 11.1 Å². The fraction of sp³-hybridized carbons (Fsp3) is 0.867. The van der Waals surface area contributed by atoms with Crippen molar-refractivity contribution in [2.75, 3.05) is 13.7 Å². The molecule has 0 bridgehead atoms. The molecule has 2 unspecified atom stereocenters. The van der Waals surface area contributed by atoms with Crippen molar-refractivity contribution in [1.29, 1.82) is 0 Å². The number of oxime groups is 1. The summed E-state index contributed by atoms with van der Waals surface area (Å²) in [4.78, 5) is 19.2. The molecular formula is C15H26N2O3. The van der Waals surface area contributed by atoms with Crippen LogP contribution < -0.4 is 0 Å². The third-order valence-electron chi connectivity index (χ3n) is 4.00. The second-order valence-electron chi connectivity index (χ2n) is 6.65. The summed E-state index contributed by atoms with van der Waals surface area (Å²) in [6, 6.07) is 0.223. The van der Waals surface area contributed by atoms with Gasteiger partial charge in [-0.15, -0.1) is 0 Å². The van der Waals surface area contributed by atoms with Gasteiger partial charge in [-0.05, 0) is 33.6 Å². The van der Waals surface area contributed by atoms with Gasteiger partial charge in [-0.25, -0.2) is 4.79 Å². The van der Waals surface area contributed by atoms with Crippen LogP contribution in [0.1, 0.15) is 52.9 Å². The van der Waals surface area contributed by atoms with E-state index in [2.05, 4.69) is 5.16 Å². The van der Waals surface area contributed by atoms with E-state index in [1.165, 1.54) is 12.8 Å². The molecule has 0 N–H and O–H groups in total. The van der Waals surface area contributed by atoms with E-state index in [0.29, 0.717) is 12.5 Å². The molecule has 1 aliphatic carbocycles. The number of carbonyl (C=O) groups excluding carboxylic acids is 1. The Morgan fingerprint density at radius 2 is 2.00 bits per heavy atom. The molecular weight excluding hydrogens is 256 g/mol. The van der Waals surface area contributed by atoms with Crippen molar-refractivity contribution < 1.29 is 14.4 Å². The van der Waals surface area contributed by atoms with E-state index in [4.69, 9.17) is 9.57 Å². The van der Waals surface area contributed by atoms with Crippen molar-refractivity contribution in [3.8, 4) is 0 Å². The Kier molecular flexibility index (Phi) is 4.55. The largest absolute Gasteiger partial charge is 0.444 e. The van der Waals surface area contributed by atoms with Crippen LogP contribution in [0.15, 0.2) is 5.16 Å². The molecule has 114 valence electrons. The van der Waals surface area contributed by atoms with E-state index in [9.17, 15) is 4.79 Å². The van der Waals surface area contributed by atoms with E-state index in [0.717, 1.165) is 25.0 Å². The lowest BCUT2D eigenvalue weighted by atomic mass is 9.77. The van der Waals surface area contributed by atoms with Gasteiger partial charge in [0, 0.05) is 24.9 Å². The van der Waals surface area contributed by atoms with Crippen LogP contribution in [-0.4, -0.2) is 42.0 Å². The Labute approximate surface area is 121 Å². The Hall–Kier alpha value is -1.26. The molecule has 1 aliphatic heterocycles. The van der Waals surface area contributed by atoms with Crippen molar-refractivity contribution in [3.05, 3.63) is 0 Å². The third kappa shape index (κ3) is 3.44. The molecule has 1 saturated heterocycles. The Balaban J connectivity index is 2.12. The number of hydrogen-bond donors (Lipinski definition) is 0. The number of hydrogen-bond acceptors (Lipinski definition) is 4. The van der Waals surface area contributed by atoms with Gasteiger partial charge in [0.25, 0.3) is 0 Å². The smallest absolute Gasteiger partial charge is 0.410 e. The quantitative estimate of drug-likeness (QED) is 0.694. The Bertz CT molecular complexity index is 387. The highest BCUT2D eigenvalue weighted by atomic mass is 16.6. The van der Waals surface area contributed by atoms with Crippen molar-refractivity contribution in [1.82, 2.24) is 4.90 Å². The summed E-state index contributed by atoms with van der Waals surface area (Å²) >= 11 is 0.